The maximum Gasteiger partial charge on any atom is 0.0351 e. The Hall–Kier alpha value is -0.820. The molecule has 0 aromatic heterocycles. The van der Waals surface area contributed by atoms with E-state index >= 15 is 0 Å². The topological polar surface area (TPSA) is 12.0 Å². The summed E-state index contributed by atoms with van der Waals surface area (Å²) in [5.74, 6) is 0.817. The minimum Gasteiger partial charge on any atom is -0.313 e. The number of benzene rings is 1. The predicted octanol–water partition coefficient (Wildman–Crippen LogP) is 4.76. The van der Waals surface area contributed by atoms with Crippen LogP contribution in [0.4, 0.5) is 0 Å². The van der Waals surface area contributed by atoms with Gasteiger partial charge in [-0.2, -0.15) is 0 Å². The third kappa shape index (κ3) is 2.86. The first-order valence-corrected chi connectivity index (χ1v) is 7.80. The average Bonchev–Trinajstić information content (AvgIpc) is 2.42. The van der Waals surface area contributed by atoms with Crippen LogP contribution in [0.5, 0.6) is 0 Å². The molecule has 0 heterocycles. The highest BCUT2D eigenvalue weighted by Gasteiger charge is 2.26. The van der Waals surface area contributed by atoms with Crippen molar-refractivity contribution in [3.63, 3.8) is 0 Å². The zero-order valence-electron chi connectivity index (χ0n) is 13.3. The number of nitrogens with one attached hydrogen (secondary N) is 1. The van der Waals surface area contributed by atoms with Crippen molar-refractivity contribution in [2.75, 3.05) is 7.05 Å². The van der Waals surface area contributed by atoms with Crippen molar-refractivity contribution in [3.8, 4) is 0 Å². The first-order chi connectivity index (χ1) is 9.06. The van der Waals surface area contributed by atoms with Gasteiger partial charge in [-0.25, -0.2) is 0 Å². The summed E-state index contributed by atoms with van der Waals surface area (Å²) >= 11 is 0. The predicted molar refractivity (Wildman–Crippen MR) is 83.8 cm³/mol. The Labute approximate surface area is 118 Å². The Morgan fingerprint density at radius 3 is 1.95 bits per heavy atom. The molecule has 19 heavy (non-hydrogen) atoms. The SMILES string of the molecule is CNC(c1c(C)c(C)cc(C)c1C)C1CCCCC1. The van der Waals surface area contributed by atoms with Gasteiger partial charge in [0.25, 0.3) is 0 Å². The van der Waals surface area contributed by atoms with Crippen LogP contribution in [-0.2, 0) is 0 Å². The molecule has 0 amide bonds. The van der Waals surface area contributed by atoms with E-state index in [2.05, 4.69) is 46.1 Å². The van der Waals surface area contributed by atoms with E-state index < -0.39 is 0 Å². The molecule has 0 spiro atoms. The molecule has 1 aromatic carbocycles. The molecule has 1 N–H and O–H groups in total. The highest BCUT2D eigenvalue weighted by molar-refractivity contribution is 5.46. The summed E-state index contributed by atoms with van der Waals surface area (Å²) < 4.78 is 0. The molecule has 0 aliphatic heterocycles. The molecule has 1 aliphatic rings. The standard InChI is InChI=1S/C18H29N/c1-12-11-13(2)15(4)17(14(12)3)18(19-5)16-9-7-6-8-10-16/h11,16,18-19H,6-10H2,1-5H3. The molecule has 1 fully saturated rings. The van der Waals surface area contributed by atoms with E-state index in [1.165, 1.54) is 54.4 Å². The van der Waals surface area contributed by atoms with E-state index in [4.69, 9.17) is 0 Å². The number of aryl methyl sites for hydroxylation is 2. The molecule has 2 rings (SSSR count). The second-order valence-corrected chi connectivity index (χ2v) is 6.34. The number of rotatable bonds is 3. The van der Waals surface area contributed by atoms with Crippen molar-refractivity contribution in [3.05, 3.63) is 33.9 Å². The van der Waals surface area contributed by atoms with Crippen molar-refractivity contribution < 1.29 is 0 Å². The smallest absolute Gasteiger partial charge is 0.0351 e. The van der Waals surface area contributed by atoms with Gasteiger partial charge in [-0.3, -0.25) is 0 Å². The fourth-order valence-electron chi connectivity index (χ4n) is 3.80. The van der Waals surface area contributed by atoms with Gasteiger partial charge in [-0.15, -0.1) is 0 Å². The molecule has 0 bridgehead atoms. The number of hydrogen-bond donors (Lipinski definition) is 1. The first-order valence-electron chi connectivity index (χ1n) is 7.80. The maximum atomic E-state index is 3.62. The van der Waals surface area contributed by atoms with Gasteiger partial charge >= 0.3 is 0 Å². The molecular weight excluding hydrogens is 230 g/mol. The summed E-state index contributed by atoms with van der Waals surface area (Å²) in [4.78, 5) is 0. The molecule has 106 valence electrons. The van der Waals surface area contributed by atoms with Crippen molar-refractivity contribution in [1.29, 1.82) is 0 Å². The molecule has 1 saturated carbocycles. The van der Waals surface area contributed by atoms with Gasteiger partial charge in [-0.1, -0.05) is 25.3 Å². The van der Waals surface area contributed by atoms with E-state index in [1.54, 1.807) is 5.56 Å². The van der Waals surface area contributed by atoms with Crippen LogP contribution in [0.1, 0.15) is 66.0 Å². The molecule has 1 atom stereocenters. The van der Waals surface area contributed by atoms with Gasteiger partial charge in [0, 0.05) is 6.04 Å². The van der Waals surface area contributed by atoms with Gasteiger partial charge in [0.2, 0.25) is 0 Å². The Morgan fingerprint density at radius 1 is 0.947 bits per heavy atom. The Bertz CT molecular complexity index is 415. The summed E-state index contributed by atoms with van der Waals surface area (Å²) in [6.07, 6.45) is 7.02. The van der Waals surface area contributed by atoms with E-state index in [1.807, 2.05) is 0 Å². The van der Waals surface area contributed by atoms with E-state index in [-0.39, 0.29) is 0 Å². The lowest BCUT2D eigenvalue weighted by Crippen LogP contribution is -2.28. The summed E-state index contributed by atoms with van der Waals surface area (Å²) in [5.41, 5.74) is 7.44. The molecule has 0 saturated heterocycles. The van der Waals surface area contributed by atoms with E-state index in [0.717, 1.165) is 5.92 Å². The van der Waals surface area contributed by atoms with E-state index in [0.29, 0.717) is 6.04 Å². The van der Waals surface area contributed by atoms with Crippen LogP contribution in [0.15, 0.2) is 6.07 Å². The Balaban J connectivity index is 2.42. The summed E-state index contributed by atoms with van der Waals surface area (Å²) in [6, 6.07) is 2.88. The summed E-state index contributed by atoms with van der Waals surface area (Å²) in [6.45, 7) is 9.09. The van der Waals surface area contributed by atoms with Crippen molar-refractivity contribution in [2.24, 2.45) is 5.92 Å². The van der Waals surface area contributed by atoms with Crippen molar-refractivity contribution >= 4 is 0 Å². The first kappa shape index (κ1) is 14.6. The highest BCUT2D eigenvalue weighted by Crippen LogP contribution is 2.38. The van der Waals surface area contributed by atoms with E-state index in [9.17, 15) is 0 Å². The lowest BCUT2D eigenvalue weighted by atomic mass is 9.77. The van der Waals surface area contributed by atoms with Gasteiger partial charge in [0.1, 0.15) is 0 Å². The van der Waals surface area contributed by atoms with Crippen LogP contribution in [0.2, 0.25) is 0 Å². The third-order valence-electron chi connectivity index (χ3n) is 5.17. The monoisotopic (exact) mass is 259 g/mol. The lowest BCUT2D eigenvalue weighted by Gasteiger charge is -2.33. The van der Waals surface area contributed by atoms with Crippen LogP contribution in [0, 0.1) is 33.6 Å². The fourth-order valence-corrected chi connectivity index (χ4v) is 3.80. The van der Waals surface area contributed by atoms with Gasteiger partial charge in [0.05, 0.1) is 0 Å². The molecule has 1 aliphatic carbocycles. The second-order valence-electron chi connectivity index (χ2n) is 6.34. The molecule has 1 aromatic rings. The second kappa shape index (κ2) is 6.09. The van der Waals surface area contributed by atoms with Crippen LogP contribution in [-0.4, -0.2) is 7.05 Å². The minimum atomic E-state index is 0.541. The Kier molecular flexibility index (Phi) is 4.67. The summed E-state index contributed by atoms with van der Waals surface area (Å²) in [7, 11) is 2.13. The number of hydrogen-bond acceptors (Lipinski definition) is 1. The van der Waals surface area contributed by atoms with Gasteiger partial charge in [-0.05, 0) is 81.3 Å². The molecule has 1 nitrogen and oxygen atoms in total. The molecule has 1 unspecified atom stereocenters. The maximum absolute atomic E-state index is 3.62. The summed E-state index contributed by atoms with van der Waals surface area (Å²) in [5, 5.41) is 3.62. The zero-order chi connectivity index (χ0) is 14.0. The zero-order valence-corrected chi connectivity index (χ0v) is 13.3. The largest absolute Gasteiger partial charge is 0.313 e. The quantitative estimate of drug-likeness (QED) is 0.825. The van der Waals surface area contributed by atoms with Crippen LogP contribution >= 0.6 is 0 Å². The van der Waals surface area contributed by atoms with Crippen molar-refractivity contribution in [2.45, 2.75) is 65.8 Å². The Morgan fingerprint density at radius 2 is 1.47 bits per heavy atom. The highest BCUT2D eigenvalue weighted by atomic mass is 14.9. The van der Waals surface area contributed by atoms with Gasteiger partial charge in [0.15, 0.2) is 0 Å². The molecule has 1 heteroatoms. The van der Waals surface area contributed by atoms with Gasteiger partial charge < -0.3 is 5.32 Å². The van der Waals surface area contributed by atoms with Crippen LogP contribution in [0.3, 0.4) is 0 Å². The van der Waals surface area contributed by atoms with Crippen LogP contribution in [0.25, 0.3) is 0 Å². The van der Waals surface area contributed by atoms with Crippen LogP contribution < -0.4 is 5.32 Å². The molecule has 0 radical (unpaired) electrons. The normalized spacial score (nSPS) is 18.6. The molecular formula is C18H29N. The average molecular weight is 259 g/mol. The van der Waals surface area contributed by atoms with Crippen molar-refractivity contribution in [1.82, 2.24) is 5.32 Å². The lowest BCUT2D eigenvalue weighted by molar-refractivity contribution is 0.280. The minimum absolute atomic E-state index is 0.541. The fraction of sp³-hybridized carbons (Fsp3) is 0.667. The third-order valence-corrected chi connectivity index (χ3v) is 5.17.